The van der Waals surface area contributed by atoms with E-state index in [1.807, 2.05) is 0 Å². The van der Waals surface area contributed by atoms with Gasteiger partial charge in [-0.15, -0.1) is 0 Å². The lowest BCUT2D eigenvalue weighted by Crippen LogP contribution is -1.98. The average Bonchev–Trinajstić information content (AvgIpc) is 2.82. The molecule has 0 aliphatic heterocycles. The predicted octanol–water partition coefficient (Wildman–Crippen LogP) is 3.36. The molecule has 1 aromatic carbocycles. The Bertz CT molecular complexity index is 762. The van der Waals surface area contributed by atoms with E-state index in [9.17, 15) is 4.39 Å². The minimum Gasteiger partial charge on any atom is -0.439 e. The highest BCUT2D eigenvalue weighted by atomic mass is 35.5. The summed E-state index contributed by atoms with van der Waals surface area (Å²) in [6, 6.07) is 5.55. The molecule has 0 radical (unpaired) electrons. The van der Waals surface area contributed by atoms with Crippen LogP contribution in [0.15, 0.2) is 30.6 Å². The Morgan fingerprint density at radius 3 is 2.84 bits per heavy atom. The fourth-order valence-corrected chi connectivity index (χ4v) is 1.78. The molecule has 3 rings (SSSR count). The maximum Gasteiger partial charge on any atom is 0.256 e. The summed E-state index contributed by atoms with van der Waals surface area (Å²) in [5.74, 6) is 0.251. The first-order valence-electron chi connectivity index (χ1n) is 5.13. The Balaban J connectivity index is 2.04. The third kappa shape index (κ3) is 2.32. The molecule has 0 aliphatic rings. The smallest absolute Gasteiger partial charge is 0.256 e. The Labute approximate surface area is 116 Å². The van der Waals surface area contributed by atoms with Gasteiger partial charge in [-0.2, -0.15) is 19.6 Å². The number of hydrogen-bond acceptors (Lipinski definition) is 4. The van der Waals surface area contributed by atoms with Gasteiger partial charge >= 0.3 is 0 Å². The largest absolute Gasteiger partial charge is 0.439 e. The molecular weight excluding hydrogens is 294 g/mol. The van der Waals surface area contributed by atoms with Crippen molar-refractivity contribution in [2.75, 3.05) is 0 Å². The molecule has 96 valence electrons. The van der Waals surface area contributed by atoms with Crippen LogP contribution in [-0.4, -0.2) is 19.6 Å². The molecule has 0 saturated carbocycles. The van der Waals surface area contributed by atoms with E-state index in [0.29, 0.717) is 0 Å². The molecule has 0 amide bonds. The molecule has 0 N–H and O–H groups in total. The summed E-state index contributed by atoms with van der Waals surface area (Å²) in [5.41, 5.74) is 0. The summed E-state index contributed by atoms with van der Waals surface area (Å²) in [7, 11) is 0. The zero-order chi connectivity index (χ0) is 13.4. The standard InChI is InChI=1S/C11H5Cl2FN4O/c12-7-2-1-6(3-8(7)14)19-10-4-9(13)17-11-15-5-16-18(10)11/h1-5H. The Morgan fingerprint density at radius 1 is 1.21 bits per heavy atom. The van der Waals surface area contributed by atoms with Crippen molar-refractivity contribution in [2.45, 2.75) is 0 Å². The molecule has 0 unspecified atom stereocenters. The summed E-state index contributed by atoms with van der Waals surface area (Å²) in [4.78, 5) is 7.84. The lowest BCUT2D eigenvalue weighted by Gasteiger charge is -2.07. The fourth-order valence-electron chi connectivity index (χ4n) is 1.49. The first-order chi connectivity index (χ1) is 9.13. The van der Waals surface area contributed by atoms with Crippen molar-refractivity contribution in [3.05, 3.63) is 46.6 Å². The van der Waals surface area contributed by atoms with E-state index in [1.165, 1.54) is 35.1 Å². The zero-order valence-corrected chi connectivity index (χ0v) is 10.7. The van der Waals surface area contributed by atoms with Crippen LogP contribution in [0, 0.1) is 5.82 Å². The molecule has 0 atom stereocenters. The van der Waals surface area contributed by atoms with Gasteiger partial charge < -0.3 is 4.74 Å². The molecule has 0 bridgehead atoms. The summed E-state index contributed by atoms with van der Waals surface area (Å²) in [6.07, 6.45) is 1.31. The lowest BCUT2D eigenvalue weighted by atomic mass is 10.3. The molecule has 0 aliphatic carbocycles. The van der Waals surface area contributed by atoms with Crippen LogP contribution in [0.2, 0.25) is 10.2 Å². The van der Waals surface area contributed by atoms with E-state index in [0.717, 1.165) is 0 Å². The van der Waals surface area contributed by atoms with E-state index >= 15 is 0 Å². The first-order valence-corrected chi connectivity index (χ1v) is 5.88. The van der Waals surface area contributed by atoms with Crippen LogP contribution in [0.1, 0.15) is 0 Å². The minimum atomic E-state index is -0.575. The van der Waals surface area contributed by atoms with Gasteiger partial charge in [-0.1, -0.05) is 23.2 Å². The topological polar surface area (TPSA) is 52.3 Å². The number of halogens is 3. The maximum atomic E-state index is 13.3. The monoisotopic (exact) mass is 298 g/mol. The van der Waals surface area contributed by atoms with Crippen molar-refractivity contribution in [3.63, 3.8) is 0 Å². The molecule has 2 aromatic heterocycles. The second kappa shape index (κ2) is 4.64. The van der Waals surface area contributed by atoms with Crippen LogP contribution in [-0.2, 0) is 0 Å². The Hall–Kier alpha value is -1.92. The van der Waals surface area contributed by atoms with Crippen LogP contribution in [0.25, 0.3) is 5.78 Å². The second-order valence-electron chi connectivity index (χ2n) is 3.57. The highest BCUT2D eigenvalue weighted by molar-refractivity contribution is 6.30. The molecule has 0 spiro atoms. The van der Waals surface area contributed by atoms with Crippen LogP contribution in [0.4, 0.5) is 4.39 Å². The molecule has 8 heteroatoms. The highest BCUT2D eigenvalue weighted by Crippen LogP contribution is 2.26. The first kappa shape index (κ1) is 12.1. The van der Waals surface area contributed by atoms with E-state index in [2.05, 4.69) is 15.1 Å². The molecule has 3 aromatic rings. The number of rotatable bonds is 2. The molecule has 5 nitrogen and oxygen atoms in total. The van der Waals surface area contributed by atoms with Crippen LogP contribution < -0.4 is 4.74 Å². The van der Waals surface area contributed by atoms with Gasteiger partial charge in [0.05, 0.1) is 5.02 Å². The quantitative estimate of drug-likeness (QED) is 0.681. The number of ether oxygens (including phenoxy) is 1. The van der Waals surface area contributed by atoms with Gasteiger partial charge in [0, 0.05) is 12.1 Å². The molecular formula is C11H5Cl2FN4O. The van der Waals surface area contributed by atoms with Crippen LogP contribution in [0.3, 0.4) is 0 Å². The van der Waals surface area contributed by atoms with Gasteiger partial charge in [-0.3, -0.25) is 0 Å². The van der Waals surface area contributed by atoms with E-state index < -0.39 is 5.82 Å². The van der Waals surface area contributed by atoms with Crippen LogP contribution >= 0.6 is 23.2 Å². The van der Waals surface area contributed by atoms with Crippen molar-refractivity contribution in [1.82, 2.24) is 19.6 Å². The van der Waals surface area contributed by atoms with Crippen molar-refractivity contribution in [3.8, 4) is 11.6 Å². The third-order valence-electron chi connectivity index (χ3n) is 2.30. The zero-order valence-electron chi connectivity index (χ0n) is 9.22. The van der Waals surface area contributed by atoms with Crippen molar-refractivity contribution < 1.29 is 9.13 Å². The number of aromatic nitrogens is 4. The van der Waals surface area contributed by atoms with Gasteiger partial charge in [0.25, 0.3) is 5.78 Å². The van der Waals surface area contributed by atoms with E-state index in [-0.39, 0.29) is 27.6 Å². The second-order valence-corrected chi connectivity index (χ2v) is 4.36. The highest BCUT2D eigenvalue weighted by Gasteiger charge is 2.10. The summed E-state index contributed by atoms with van der Waals surface area (Å²) >= 11 is 11.4. The average molecular weight is 299 g/mol. The van der Waals surface area contributed by atoms with Crippen molar-refractivity contribution in [2.24, 2.45) is 0 Å². The van der Waals surface area contributed by atoms with Gasteiger partial charge in [-0.25, -0.2) is 4.39 Å². The third-order valence-corrected chi connectivity index (χ3v) is 2.80. The fraction of sp³-hybridized carbons (Fsp3) is 0. The van der Waals surface area contributed by atoms with Gasteiger partial charge in [0.15, 0.2) is 0 Å². The summed E-state index contributed by atoms with van der Waals surface area (Å²) in [5, 5.41) is 4.15. The number of benzene rings is 1. The summed E-state index contributed by atoms with van der Waals surface area (Å²) in [6.45, 7) is 0. The van der Waals surface area contributed by atoms with Gasteiger partial charge in [-0.05, 0) is 12.1 Å². The molecule has 19 heavy (non-hydrogen) atoms. The van der Waals surface area contributed by atoms with Gasteiger partial charge in [0.2, 0.25) is 5.88 Å². The van der Waals surface area contributed by atoms with Crippen LogP contribution in [0.5, 0.6) is 11.6 Å². The van der Waals surface area contributed by atoms with Gasteiger partial charge in [0.1, 0.15) is 23.0 Å². The SMILES string of the molecule is Fc1cc(Oc2cc(Cl)nc3ncnn23)ccc1Cl. The predicted molar refractivity (Wildman–Crippen MR) is 67.3 cm³/mol. The number of nitrogens with zero attached hydrogens (tertiary/aromatic N) is 4. The number of fused-ring (bicyclic) bond motifs is 1. The summed E-state index contributed by atoms with van der Waals surface area (Å²) < 4.78 is 20.2. The Kier molecular flexibility index (Phi) is 2.96. The van der Waals surface area contributed by atoms with E-state index in [4.69, 9.17) is 27.9 Å². The van der Waals surface area contributed by atoms with Crippen molar-refractivity contribution >= 4 is 29.0 Å². The Morgan fingerprint density at radius 2 is 2.05 bits per heavy atom. The maximum absolute atomic E-state index is 13.3. The number of hydrogen-bond donors (Lipinski definition) is 0. The van der Waals surface area contributed by atoms with Crippen molar-refractivity contribution in [1.29, 1.82) is 0 Å². The minimum absolute atomic E-state index is 0.0195. The molecule has 2 heterocycles. The molecule has 0 fully saturated rings. The van der Waals surface area contributed by atoms with E-state index in [1.54, 1.807) is 0 Å². The normalized spacial score (nSPS) is 10.9. The molecule has 0 saturated heterocycles. The lowest BCUT2D eigenvalue weighted by molar-refractivity contribution is 0.442.